The molecule has 0 saturated heterocycles. The highest BCUT2D eigenvalue weighted by Crippen LogP contribution is 2.59. The fourth-order valence-electron chi connectivity index (χ4n) is 7.17. The van der Waals surface area contributed by atoms with E-state index in [-0.39, 0.29) is 5.97 Å². The second kappa shape index (κ2) is 8.42. The number of thiocarbonyl (C=S) groups is 1. The Morgan fingerprint density at radius 3 is 2.43 bits per heavy atom. The van der Waals surface area contributed by atoms with Gasteiger partial charge in [-0.2, -0.15) is 0 Å². The molecule has 5 aliphatic carbocycles. The Kier molecular flexibility index (Phi) is 5.82. The molecule has 2 N–H and O–H groups in total. The van der Waals surface area contributed by atoms with Crippen LogP contribution in [0.4, 0.5) is 5.00 Å². The average molecular weight is 447 g/mol. The van der Waals surface area contributed by atoms with Crippen LogP contribution in [0.1, 0.15) is 85.5 Å². The molecule has 0 amide bonds. The van der Waals surface area contributed by atoms with Crippen LogP contribution in [0.3, 0.4) is 0 Å². The minimum absolute atomic E-state index is 0.205. The minimum Gasteiger partial charge on any atom is -0.462 e. The molecule has 6 heteroatoms. The molecule has 4 bridgehead atoms. The van der Waals surface area contributed by atoms with E-state index in [2.05, 4.69) is 10.6 Å². The van der Waals surface area contributed by atoms with Gasteiger partial charge in [0.2, 0.25) is 0 Å². The summed E-state index contributed by atoms with van der Waals surface area (Å²) >= 11 is 7.40. The van der Waals surface area contributed by atoms with Crippen LogP contribution in [0, 0.1) is 23.2 Å². The number of anilines is 1. The lowest BCUT2D eigenvalue weighted by molar-refractivity contribution is -0.0490. The Bertz CT molecular complexity index is 796. The van der Waals surface area contributed by atoms with Gasteiger partial charge in [-0.05, 0) is 112 Å². The molecule has 5 aliphatic rings. The van der Waals surface area contributed by atoms with E-state index in [4.69, 9.17) is 17.0 Å². The molecule has 6 rings (SSSR count). The molecule has 1 aromatic heterocycles. The summed E-state index contributed by atoms with van der Waals surface area (Å²) in [6.07, 6.45) is 14.1. The molecule has 0 unspecified atom stereocenters. The Morgan fingerprint density at radius 1 is 1.10 bits per heavy atom. The van der Waals surface area contributed by atoms with Crippen LogP contribution in [0.5, 0.6) is 0 Å². The highest BCUT2D eigenvalue weighted by atomic mass is 32.1. The van der Waals surface area contributed by atoms with Gasteiger partial charge in [-0.1, -0.05) is 6.42 Å². The van der Waals surface area contributed by atoms with Gasteiger partial charge < -0.3 is 15.4 Å². The first-order chi connectivity index (χ1) is 14.5. The summed E-state index contributed by atoms with van der Waals surface area (Å²) in [4.78, 5) is 14.1. The number of esters is 1. The quantitative estimate of drug-likeness (QED) is 0.345. The summed E-state index contributed by atoms with van der Waals surface area (Å²) in [7, 11) is 0. The highest BCUT2D eigenvalue weighted by molar-refractivity contribution is 7.80. The summed E-state index contributed by atoms with van der Waals surface area (Å²) in [6, 6.07) is 0. The van der Waals surface area contributed by atoms with Crippen molar-refractivity contribution >= 4 is 39.6 Å². The van der Waals surface area contributed by atoms with Crippen LogP contribution in [0.25, 0.3) is 0 Å². The Balaban J connectivity index is 1.28. The zero-order valence-electron chi connectivity index (χ0n) is 18.1. The summed E-state index contributed by atoms with van der Waals surface area (Å²) in [6.45, 7) is 3.24. The van der Waals surface area contributed by atoms with Crippen molar-refractivity contribution < 1.29 is 9.53 Å². The Hall–Kier alpha value is -1.14. The standard InChI is InChI=1S/C24H34N2O2S2/c1-2-28-22(27)20-18-6-4-3-5-7-19(18)30-21(20)26-23(29)25-14-24-11-15-8-16(12-24)10-17(9-15)13-24/h15-17H,2-14H2,1H3,(H2,25,26,29). The zero-order valence-corrected chi connectivity index (χ0v) is 19.7. The average Bonchev–Trinajstić information content (AvgIpc) is 2.86. The Morgan fingerprint density at radius 2 is 1.77 bits per heavy atom. The van der Waals surface area contributed by atoms with Crippen molar-refractivity contribution in [2.45, 2.75) is 77.6 Å². The fourth-order valence-corrected chi connectivity index (χ4v) is 8.69. The zero-order chi connectivity index (χ0) is 20.7. The van der Waals surface area contributed by atoms with E-state index in [1.54, 1.807) is 11.3 Å². The van der Waals surface area contributed by atoms with Crippen LogP contribution >= 0.6 is 23.6 Å². The predicted molar refractivity (Wildman–Crippen MR) is 126 cm³/mol. The van der Waals surface area contributed by atoms with E-state index in [1.807, 2.05) is 6.92 Å². The molecule has 1 heterocycles. The van der Waals surface area contributed by atoms with Gasteiger partial charge in [0.25, 0.3) is 0 Å². The molecular formula is C24H34N2O2S2. The maximum Gasteiger partial charge on any atom is 0.341 e. The molecule has 4 saturated carbocycles. The van der Waals surface area contributed by atoms with Gasteiger partial charge in [0.1, 0.15) is 5.00 Å². The highest BCUT2D eigenvalue weighted by Gasteiger charge is 2.50. The van der Waals surface area contributed by atoms with Crippen molar-refractivity contribution in [3.63, 3.8) is 0 Å². The maximum absolute atomic E-state index is 12.8. The number of ether oxygens (including phenoxy) is 1. The third-order valence-corrected chi connectivity index (χ3v) is 9.37. The van der Waals surface area contributed by atoms with Gasteiger partial charge in [0.15, 0.2) is 5.11 Å². The van der Waals surface area contributed by atoms with Crippen LogP contribution in [0.15, 0.2) is 0 Å². The second-order valence-electron chi connectivity index (χ2n) is 10.2. The van der Waals surface area contributed by atoms with Crippen molar-refractivity contribution in [1.82, 2.24) is 5.32 Å². The molecule has 4 nitrogen and oxygen atoms in total. The first-order valence-corrected chi connectivity index (χ1v) is 13.1. The molecule has 4 fully saturated rings. The van der Waals surface area contributed by atoms with E-state index < -0.39 is 0 Å². The largest absolute Gasteiger partial charge is 0.462 e. The topological polar surface area (TPSA) is 50.4 Å². The normalized spacial score (nSPS) is 31.7. The lowest BCUT2D eigenvalue weighted by atomic mass is 9.49. The van der Waals surface area contributed by atoms with Crippen molar-refractivity contribution in [2.75, 3.05) is 18.5 Å². The number of carbonyl (C=O) groups excluding carboxylic acids is 1. The molecule has 1 aromatic rings. The van der Waals surface area contributed by atoms with E-state index >= 15 is 0 Å². The van der Waals surface area contributed by atoms with E-state index in [0.717, 1.165) is 54.1 Å². The number of fused-ring (bicyclic) bond motifs is 1. The van der Waals surface area contributed by atoms with Crippen LogP contribution < -0.4 is 10.6 Å². The smallest absolute Gasteiger partial charge is 0.341 e. The molecule has 0 spiro atoms. The SMILES string of the molecule is CCOC(=O)c1c(NC(=S)NCC23CC4CC(CC(C4)C2)C3)sc2c1CCCCC2. The van der Waals surface area contributed by atoms with Gasteiger partial charge in [-0.25, -0.2) is 4.79 Å². The molecule has 30 heavy (non-hydrogen) atoms. The number of aryl methyl sites for hydroxylation is 1. The molecular weight excluding hydrogens is 412 g/mol. The van der Waals surface area contributed by atoms with E-state index in [0.29, 0.717) is 17.1 Å². The van der Waals surface area contributed by atoms with Crippen molar-refractivity contribution in [1.29, 1.82) is 0 Å². The Labute approximate surface area is 189 Å². The number of rotatable bonds is 5. The number of thiophene rings is 1. The summed E-state index contributed by atoms with van der Waals surface area (Å²) in [5.74, 6) is 2.64. The third kappa shape index (κ3) is 4.02. The maximum atomic E-state index is 12.8. The van der Waals surface area contributed by atoms with Gasteiger partial charge in [0, 0.05) is 11.4 Å². The first-order valence-electron chi connectivity index (χ1n) is 11.9. The lowest BCUT2D eigenvalue weighted by Gasteiger charge is -2.57. The van der Waals surface area contributed by atoms with Crippen molar-refractivity contribution in [3.05, 3.63) is 16.0 Å². The third-order valence-electron chi connectivity index (χ3n) is 7.92. The van der Waals surface area contributed by atoms with Gasteiger partial charge in [-0.15, -0.1) is 11.3 Å². The monoisotopic (exact) mass is 446 g/mol. The molecule has 0 radical (unpaired) electrons. The second-order valence-corrected chi connectivity index (χ2v) is 11.7. The predicted octanol–water partition coefficient (Wildman–Crippen LogP) is 5.70. The van der Waals surface area contributed by atoms with E-state index in [1.165, 1.54) is 61.8 Å². The molecule has 0 aliphatic heterocycles. The van der Waals surface area contributed by atoms with Crippen molar-refractivity contribution in [2.24, 2.45) is 23.2 Å². The summed E-state index contributed by atoms with van der Waals surface area (Å²) < 4.78 is 5.40. The van der Waals surface area contributed by atoms with Crippen molar-refractivity contribution in [3.8, 4) is 0 Å². The van der Waals surface area contributed by atoms with Gasteiger partial charge in [0.05, 0.1) is 12.2 Å². The molecule has 0 atom stereocenters. The van der Waals surface area contributed by atoms with E-state index in [9.17, 15) is 4.79 Å². The fraction of sp³-hybridized carbons (Fsp3) is 0.750. The van der Waals surface area contributed by atoms with Crippen LogP contribution in [-0.2, 0) is 17.6 Å². The minimum atomic E-state index is -0.205. The lowest BCUT2D eigenvalue weighted by Crippen LogP contribution is -2.51. The number of nitrogens with one attached hydrogen (secondary N) is 2. The molecule has 164 valence electrons. The van der Waals surface area contributed by atoms with Gasteiger partial charge in [-0.3, -0.25) is 0 Å². The van der Waals surface area contributed by atoms with Crippen LogP contribution in [-0.4, -0.2) is 24.2 Å². The summed E-state index contributed by atoms with van der Waals surface area (Å²) in [5, 5.41) is 8.49. The number of carbonyl (C=O) groups is 1. The molecule has 0 aromatic carbocycles. The van der Waals surface area contributed by atoms with Crippen LogP contribution in [0.2, 0.25) is 0 Å². The number of hydrogen-bond acceptors (Lipinski definition) is 4. The summed E-state index contributed by atoms with van der Waals surface area (Å²) in [5.41, 5.74) is 2.37. The number of hydrogen-bond donors (Lipinski definition) is 2. The first kappa shape index (κ1) is 20.7. The van der Waals surface area contributed by atoms with Gasteiger partial charge >= 0.3 is 5.97 Å².